The van der Waals surface area contributed by atoms with Gasteiger partial charge in [0.05, 0.1) is 5.83 Å². The lowest BCUT2D eigenvalue weighted by Gasteiger charge is -2.20. The first kappa shape index (κ1) is 63.0. The van der Waals surface area contributed by atoms with Crippen molar-refractivity contribution in [2.75, 3.05) is 34.5 Å². The van der Waals surface area contributed by atoms with E-state index in [1.807, 2.05) is 0 Å². The first-order valence-electron chi connectivity index (χ1n) is 29.6. The molecule has 4 aromatic rings. The summed E-state index contributed by atoms with van der Waals surface area (Å²) in [6.45, 7) is 15.1. The minimum atomic E-state index is -0.156. The van der Waals surface area contributed by atoms with Crippen molar-refractivity contribution in [3.63, 3.8) is 0 Å². The minimum Gasteiger partial charge on any atom is -0.212 e. The van der Waals surface area contributed by atoms with Crippen molar-refractivity contribution in [1.29, 1.82) is 0 Å². The second-order valence-electron chi connectivity index (χ2n) is 20.4. The lowest BCUT2D eigenvalue weighted by Crippen LogP contribution is -1.94. The smallest absolute Gasteiger partial charge is 0.0928 e. The lowest BCUT2D eigenvalue weighted by molar-refractivity contribution is 0.526. The van der Waals surface area contributed by atoms with Crippen LogP contribution in [0.25, 0.3) is 32.3 Å². The first-order chi connectivity index (χ1) is 34.9. The number of unbranched alkanes of at least 4 members (excludes halogenated alkanes) is 26. The SMILES string of the molecule is C=C(F)CCCCCCCCCCCCCCSc1cc2c3cc(SCCCCCC)c(SCCCCCC)cc3c3cc(SCCCCCC)c(SCCCCCC)cc3c2cc1SCCCCCC. The fourth-order valence-electron chi connectivity index (χ4n) is 9.62. The Labute approximate surface area is 462 Å². The summed E-state index contributed by atoms with van der Waals surface area (Å²) >= 11 is 12.8. The zero-order valence-corrected chi connectivity index (χ0v) is 51.0. The standard InChI is InChI=1S/C64H101FS6/c1-7-12-17-33-40-66-59-46-53-54-47-60(67-41-34-18-13-8-2)62(69-43-36-20-15-10-4)49-56(54)58-51-64(71-45-38-31-29-27-25-23-22-24-26-28-30-32-39-52(6)65)63(70-44-37-21-16-11-5)50-57(58)55(53)48-61(59)68-42-35-19-14-9-3/h46-51H,6-45H2,1-5H3. The average Bonchev–Trinajstić information content (AvgIpc) is 3.37. The van der Waals surface area contributed by atoms with Crippen LogP contribution in [0.1, 0.15) is 247 Å². The fourth-order valence-corrected chi connectivity index (χ4v) is 16.5. The Morgan fingerprint density at radius 3 is 0.634 bits per heavy atom. The summed E-state index contributed by atoms with van der Waals surface area (Å²) in [5.74, 6) is 7.08. The quantitative estimate of drug-likeness (QED) is 0.0244. The van der Waals surface area contributed by atoms with Crippen molar-refractivity contribution in [3.05, 3.63) is 48.8 Å². The molecule has 0 aliphatic heterocycles. The summed E-state index contributed by atoms with van der Waals surface area (Å²) in [7, 11) is 0. The molecular formula is C64H101FS6. The molecule has 400 valence electrons. The molecule has 0 atom stereocenters. The van der Waals surface area contributed by atoms with Gasteiger partial charge >= 0.3 is 0 Å². The maximum atomic E-state index is 12.9. The van der Waals surface area contributed by atoms with E-state index < -0.39 is 0 Å². The molecule has 4 aromatic carbocycles. The highest BCUT2D eigenvalue weighted by molar-refractivity contribution is 8.03. The van der Waals surface area contributed by atoms with Gasteiger partial charge < -0.3 is 0 Å². The Kier molecular flexibility index (Phi) is 36.1. The average molecular weight is 1080 g/mol. The van der Waals surface area contributed by atoms with E-state index in [-0.39, 0.29) is 5.83 Å². The molecule has 0 aromatic heterocycles. The number of allylic oxidation sites excluding steroid dienone is 1. The fraction of sp³-hybridized carbons (Fsp3) is 0.688. The molecule has 0 N–H and O–H groups in total. The monoisotopic (exact) mass is 1080 g/mol. The highest BCUT2D eigenvalue weighted by atomic mass is 32.2. The minimum absolute atomic E-state index is 0.156. The molecule has 71 heavy (non-hydrogen) atoms. The molecule has 0 aliphatic carbocycles. The van der Waals surface area contributed by atoms with Crippen LogP contribution in [0.5, 0.6) is 0 Å². The van der Waals surface area contributed by atoms with Crippen LogP contribution in [-0.2, 0) is 0 Å². The highest BCUT2D eigenvalue weighted by Gasteiger charge is 2.19. The third-order valence-corrected chi connectivity index (χ3v) is 21.2. The van der Waals surface area contributed by atoms with Crippen LogP contribution in [0.2, 0.25) is 0 Å². The highest BCUT2D eigenvalue weighted by Crippen LogP contribution is 2.47. The predicted molar refractivity (Wildman–Crippen MR) is 334 cm³/mol. The largest absolute Gasteiger partial charge is 0.212 e. The Bertz CT molecular complexity index is 1980. The van der Waals surface area contributed by atoms with E-state index >= 15 is 0 Å². The van der Waals surface area contributed by atoms with E-state index in [1.54, 1.807) is 0 Å². The summed E-state index contributed by atoms with van der Waals surface area (Å²) < 4.78 is 12.9. The zero-order chi connectivity index (χ0) is 50.6. The van der Waals surface area contributed by atoms with E-state index in [1.165, 1.54) is 289 Å². The van der Waals surface area contributed by atoms with E-state index in [0.29, 0.717) is 6.42 Å². The third-order valence-electron chi connectivity index (χ3n) is 14.0. The van der Waals surface area contributed by atoms with Crippen LogP contribution in [-0.4, -0.2) is 34.5 Å². The van der Waals surface area contributed by atoms with Gasteiger partial charge in [-0.15, -0.1) is 70.6 Å². The molecule has 0 radical (unpaired) electrons. The maximum absolute atomic E-state index is 12.9. The van der Waals surface area contributed by atoms with Crippen LogP contribution < -0.4 is 0 Å². The summed E-state index contributed by atoms with van der Waals surface area (Å²) in [6, 6.07) is 16.0. The van der Waals surface area contributed by atoms with Gasteiger partial charge in [0.1, 0.15) is 0 Å². The molecule has 0 saturated carbocycles. The van der Waals surface area contributed by atoms with Crippen LogP contribution >= 0.6 is 70.6 Å². The van der Waals surface area contributed by atoms with Crippen LogP contribution in [0.3, 0.4) is 0 Å². The van der Waals surface area contributed by atoms with E-state index in [0.717, 1.165) is 12.8 Å². The van der Waals surface area contributed by atoms with Crippen molar-refractivity contribution >= 4 is 103 Å². The Morgan fingerprint density at radius 1 is 0.282 bits per heavy atom. The molecule has 0 spiro atoms. The molecule has 0 nitrogen and oxygen atoms in total. The van der Waals surface area contributed by atoms with Gasteiger partial charge in [-0.25, -0.2) is 4.39 Å². The summed E-state index contributed by atoms with van der Waals surface area (Å²) in [6.07, 6.45) is 42.3. The molecule has 4 rings (SSSR count). The summed E-state index contributed by atoms with van der Waals surface area (Å²) in [4.78, 5) is 9.09. The first-order valence-corrected chi connectivity index (χ1v) is 35.5. The number of rotatable bonds is 46. The van der Waals surface area contributed by atoms with Crippen molar-refractivity contribution in [3.8, 4) is 0 Å². The maximum Gasteiger partial charge on any atom is 0.0928 e. The van der Waals surface area contributed by atoms with Crippen LogP contribution in [0.15, 0.2) is 78.2 Å². The molecule has 0 amide bonds. The second kappa shape index (κ2) is 40.7. The lowest BCUT2D eigenvalue weighted by atomic mass is 9.94. The molecule has 0 fully saturated rings. The number of fused-ring (bicyclic) bond motifs is 6. The normalized spacial score (nSPS) is 11.9. The van der Waals surface area contributed by atoms with Crippen LogP contribution in [0, 0.1) is 0 Å². The Morgan fingerprint density at radius 2 is 0.451 bits per heavy atom. The van der Waals surface area contributed by atoms with Crippen LogP contribution in [0.4, 0.5) is 4.39 Å². The Hall–Kier alpha value is -0.570. The number of hydrogen-bond donors (Lipinski definition) is 0. The predicted octanol–water partition coefficient (Wildman–Crippen LogP) is 25.2. The summed E-state index contributed by atoms with van der Waals surface area (Å²) in [5.41, 5.74) is 0. The van der Waals surface area contributed by atoms with E-state index in [4.69, 9.17) is 0 Å². The third kappa shape index (κ3) is 25.0. The molecule has 0 heterocycles. The molecular weight excluding hydrogens is 980 g/mol. The number of halogens is 1. The van der Waals surface area contributed by atoms with Gasteiger partial charge in [-0.3, -0.25) is 0 Å². The molecule has 0 unspecified atom stereocenters. The Balaban J connectivity index is 1.72. The van der Waals surface area contributed by atoms with Gasteiger partial charge in [-0.05, 0) is 155 Å². The topological polar surface area (TPSA) is 0 Å². The van der Waals surface area contributed by atoms with Gasteiger partial charge in [0, 0.05) is 29.4 Å². The molecule has 0 bridgehead atoms. The van der Waals surface area contributed by atoms with Crippen molar-refractivity contribution in [2.45, 2.75) is 276 Å². The summed E-state index contributed by atoms with van der Waals surface area (Å²) in [5, 5.41) is 8.85. The molecule has 0 saturated heterocycles. The van der Waals surface area contributed by atoms with Gasteiger partial charge in [-0.2, -0.15) is 0 Å². The molecule has 7 heteroatoms. The van der Waals surface area contributed by atoms with Gasteiger partial charge in [-0.1, -0.05) is 202 Å². The second-order valence-corrected chi connectivity index (χ2v) is 27.3. The number of thioether (sulfide) groups is 6. The van der Waals surface area contributed by atoms with Gasteiger partial charge in [0.25, 0.3) is 0 Å². The number of benzene rings is 4. The number of hydrogen-bond acceptors (Lipinski definition) is 6. The van der Waals surface area contributed by atoms with E-state index in [9.17, 15) is 4.39 Å². The zero-order valence-electron chi connectivity index (χ0n) is 46.1. The van der Waals surface area contributed by atoms with Crippen molar-refractivity contribution in [1.82, 2.24) is 0 Å². The van der Waals surface area contributed by atoms with Crippen molar-refractivity contribution < 1.29 is 4.39 Å². The van der Waals surface area contributed by atoms with E-state index in [2.05, 4.69) is 148 Å². The molecule has 0 aliphatic rings. The van der Waals surface area contributed by atoms with Gasteiger partial charge in [0.2, 0.25) is 0 Å². The van der Waals surface area contributed by atoms with Gasteiger partial charge in [0.15, 0.2) is 0 Å². The van der Waals surface area contributed by atoms with Crippen molar-refractivity contribution in [2.24, 2.45) is 0 Å².